The Labute approximate surface area is 157 Å². The molecule has 1 rings (SSSR count). The summed E-state index contributed by atoms with van der Waals surface area (Å²) in [6.45, 7) is 13.0. The number of benzene rings is 1. The third-order valence-corrected chi connectivity index (χ3v) is 8.99. The molecule has 1 unspecified atom stereocenters. The lowest BCUT2D eigenvalue weighted by Gasteiger charge is -2.36. The molecule has 1 atom stereocenters. The highest BCUT2D eigenvalue weighted by atomic mass is 28.4. The summed E-state index contributed by atoms with van der Waals surface area (Å²) >= 11 is 0. The lowest BCUT2D eigenvalue weighted by molar-refractivity contribution is -0.139. The minimum absolute atomic E-state index is 0.0685. The van der Waals surface area contributed by atoms with Crippen molar-refractivity contribution < 1.29 is 23.9 Å². The first kappa shape index (κ1) is 22.0. The first-order valence-corrected chi connectivity index (χ1v) is 11.8. The molecular formula is C19H31NO5Si. The molecule has 1 amide bonds. The van der Waals surface area contributed by atoms with Gasteiger partial charge in [0.1, 0.15) is 5.75 Å². The van der Waals surface area contributed by atoms with Crippen LogP contribution in [0.3, 0.4) is 0 Å². The topological polar surface area (TPSA) is 84.9 Å². The molecule has 146 valence electrons. The van der Waals surface area contributed by atoms with Gasteiger partial charge in [0.25, 0.3) is 0 Å². The fraction of sp³-hybridized carbons (Fsp3) is 0.579. The van der Waals surface area contributed by atoms with E-state index in [9.17, 15) is 14.7 Å². The first-order chi connectivity index (χ1) is 12.0. The standard InChI is InChI=1S/C19H31NO5Si/c1-7-8-13-24-18(23)20-16(17(21)22)14-9-11-15(12-10-14)25-26(5,6)19(2,3)4/h9-12,16H,7-8,13H2,1-6H3,(H,20,23)(H,21,22). The van der Waals surface area contributed by atoms with E-state index < -0.39 is 26.4 Å². The van der Waals surface area contributed by atoms with E-state index in [1.54, 1.807) is 24.3 Å². The monoisotopic (exact) mass is 381 g/mol. The lowest BCUT2D eigenvalue weighted by atomic mass is 10.1. The van der Waals surface area contributed by atoms with Crippen LogP contribution in [-0.2, 0) is 9.53 Å². The van der Waals surface area contributed by atoms with Crippen molar-refractivity contribution in [2.45, 2.75) is 64.7 Å². The average Bonchev–Trinajstić information content (AvgIpc) is 2.52. The predicted molar refractivity (Wildman–Crippen MR) is 104 cm³/mol. The number of carbonyl (C=O) groups is 2. The molecule has 0 aliphatic heterocycles. The van der Waals surface area contributed by atoms with Gasteiger partial charge in [-0.15, -0.1) is 0 Å². The molecule has 0 bridgehead atoms. The molecular weight excluding hydrogens is 350 g/mol. The molecule has 0 aliphatic rings. The zero-order valence-corrected chi connectivity index (χ0v) is 17.6. The second-order valence-corrected chi connectivity index (χ2v) is 12.6. The molecule has 0 saturated heterocycles. The van der Waals surface area contributed by atoms with Gasteiger partial charge in [-0.25, -0.2) is 9.59 Å². The molecule has 0 aromatic heterocycles. The van der Waals surface area contributed by atoms with E-state index in [0.29, 0.717) is 11.3 Å². The Kier molecular flexibility index (Phi) is 7.68. The number of hydrogen-bond donors (Lipinski definition) is 2. The fourth-order valence-corrected chi connectivity index (χ4v) is 2.96. The predicted octanol–water partition coefficient (Wildman–Crippen LogP) is 4.72. The molecule has 0 heterocycles. The third-order valence-electron chi connectivity index (χ3n) is 4.63. The van der Waals surface area contributed by atoms with Crippen LogP contribution in [0.4, 0.5) is 4.79 Å². The molecule has 6 nitrogen and oxygen atoms in total. The summed E-state index contributed by atoms with van der Waals surface area (Å²) in [6.07, 6.45) is 0.906. The molecule has 1 aromatic rings. The van der Waals surface area contributed by atoms with Crippen molar-refractivity contribution in [3.63, 3.8) is 0 Å². The van der Waals surface area contributed by atoms with Gasteiger partial charge in [-0.05, 0) is 42.2 Å². The number of ether oxygens (including phenoxy) is 1. The maximum atomic E-state index is 11.8. The van der Waals surface area contributed by atoms with Crippen molar-refractivity contribution in [2.75, 3.05) is 6.61 Å². The van der Waals surface area contributed by atoms with E-state index in [0.717, 1.165) is 12.8 Å². The molecule has 0 aliphatic carbocycles. The highest BCUT2D eigenvalue weighted by molar-refractivity contribution is 6.74. The normalized spacial score (nSPS) is 13.0. The summed E-state index contributed by atoms with van der Waals surface area (Å²) in [5.74, 6) is -0.439. The Balaban J connectivity index is 2.82. The van der Waals surface area contributed by atoms with Crippen LogP contribution in [0.25, 0.3) is 0 Å². The number of carbonyl (C=O) groups excluding carboxylic acids is 1. The Morgan fingerprint density at radius 2 is 1.77 bits per heavy atom. The maximum Gasteiger partial charge on any atom is 0.408 e. The average molecular weight is 382 g/mol. The summed E-state index contributed by atoms with van der Waals surface area (Å²) < 4.78 is 11.2. The number of nitrogens with one attached hydrogen (secondary N) is 1. The van der Waals surface area contributed by atoms with Crippen LogP contribution in [0.1, 0.15) is 52.1 Å². The van der Waals surface area contributed by atoms with Crippen LogP contribution in [0, 0.1) is 0 Å². The Morgan fingerprint density at radius 1 is 1.19 bits per heavy atom. The molecule has 0 saturated carbocycles. The summed E-state index contributed by atoms with van der Waals surface area (Å²) in [7, 11) is -1.96. The minimum Gasteiger partial charge on any atom is -0.544 e. The van der Waals surface area contributed by atoms with Crippen molar-refractivity contribution in [2.24, 2.45) is 0 Å². The van der Waals surface area contributed by atoms with Crippen molar-refractivity contribution >= 4 is 20.4 Å². The largest absolute Gasteiger partial charge is 0.544 e. The van der Waals surface area contributed by atoms with Gasteiger partial charge in [0.2, 0.25) is 8.32 Å². The van der Waals surface area contributed by atoms with Crippen LogP contribution in [0.2, 0.25) is 18.1 Å². The number of aliphatic carboxylic acids is 1. The van der Waals surface area contributed by atoms with Gasteiger partial charge in [-0.1, -0.05) is 46.2 Å². The summed E-state index contributed by atoms with van der Waals surface area (Å²) in [5.41, 5.74) is 0.465. The van der Waals surface area contributed by atoms with Gasteiger partial charge in [0.15, 0.2) is 6.04 Å². The quantitative estimate of drug-likeness (QED) is 0.502. The second-order valence-electron chi connectivity index (χ2n) is 7.84. The molecule has 0 fully saturated rings. The van der Waals surface area contributed by atoms with Crippen LogP contribution in [0.15, 0.2) is 24.3 Å². The zero-order valence-electron chi connectivity index (χ0n) is 16.6. The summed E-state index contributed by atoms with van der Waals surface area (Å²) in [6, 6.07) is 5.65. The van der Waals surface area contributed by atoms with Crippen LogP contribution in [-0.4, -0.2) is 32.1 Å². The van der Waals surface area contributed by atoms with Crippen molar-refractivity contribution in [1.29, 1.82) is 0 Å². The van der Waals surface area contributed by atoms with E-state index in [1.807, 2.05) is 6.92 Å². The van der Waals surface area contributed by atoms with E-state index in [4.69, 9.17) is 9.16 Å². The fourth-order valence-electron chi connectivity index (χ4n) is 1.93. The second kappa shape index (κ2) is 9.07. The first-order valence-electron chi connectivity index (χ1n) is 8.93. The van der Waals surface area contributed by atoms with Gasteiger partial charge in [0, 0.05) is 0 Å². The SMILES string of the molecule is CCCCOC(=O)NC(C(=O)O)c1ccc(O[Si](C)(C)C(C)(C)C)cc1. The Morgan fingerprint density at radius 3 is 2.23 bits per heavy atom. The molecule has 0 radical (unpaired) electrons. The van der Waals surface area contributed by atoms with Crippen LogP contribution < -0.4 is 9.74 Å². The molecule has 7 heteroatoms. The smallest absolute Gasteiger partial charge is 0.408 e. The number of rotatable bonds is 8. The maximum absolute atomic E-state index is 11.8. The molecule has 2 N–H and O–H groups in total. The minimum atomic E-state index is -1.96. The lowest BCUT2D eigenvalue weighted by Crippen LogP contribution is -2.43. The highest BCUT2D eigenvalue weighted by Crippen LogP contribution is 2.37. The van der Waals surface area contributed by atoms with E-state index in [2.05, 4.69) is 39.2 Å². The van der Waals surface area contributed by atoms with Crippen LogP contribution in [0.5, 0.6) is 5.75 Å². The molecule has 26 heavy (non-hydrogen) atoms. The van der Waals surface area contributed by atoms with Crippen LogP contribution >= 0.6 is 0 Å². The van der Waals surface area contributed by atoms with Gasteiger partial charge < -0.3 is 19.6 Å². The number of alkyl carbamates (subject to hydrolysis) is 1. The zero-order chi connectivity index (χ0) is 20.0. The van der Waals surface area contributed by atoms with Crippen molar-refractivity contribution in [3.05, 3.63) is 29.8 Å². The van der Waals surface area contributed by atoms with E-state index >= 15 is 0 Å². The number of carboxylic acids is 1. The molecule has 1 aromatic carbocycles. The third kappa shape index (κ3) is 6.37. The highest BCUT2D eigenvalue weighted by Gasteiger charge is 2.39. The van der Waals surface area contributed by atoms with Crippen molar-refractivity contribution in [1.82, 2.24) is 5.32 Å². The van der Waals surface area contributed by atoms with Crippen molar-refractivity contribution in [3.8, 4) is 5.75 Å². The summed E-state index contributed by atoms with van der Waals surface area (Å²) in [5, 5.41) is 11.9. The van der Waals surface area contributed by atoms with Gasteiger partial charge in [-0.3, -0.25) is 0 Å². The number of hydrogen-bond acceptors (Lipinski definition) is 4. The van der Waals surface area contributed by atoms with Gasteiger partial charge in [-0.2, -0.15) is 0 Å². The number of amides is 1. The Hall–Kier alpha value is -2.02. The number of carboxylic acid groups (broad SMARTS) is 1. The van der Waals surface area contributed by atoms with Gasteiger partial charge in [0.05, 0.1) is 6.61 Å². The summed E-state index contributed by atoms with van der Waals surface area (Å²) in [4.78, 5) is 23.3. The Bertz CT molecular complexity index is 607. The molecule has 0 spiro atoms. The van der Waals surface area contributed by atoms with E-state index in [1.165, 1.54) is 0 Å². The van der Waals surface area contributed by atoms with Gasteiger partial charge >= 0.3 is 12.1 Å². The van der Waals surface area contributed by atoms with E-state index in [-0.39, 0.29) is 11.6 Å². The number of unbranched alkanes of at least 4 members (excludes halogenated alkanes) is 1.